The van der Waals surface area contributed by atoms with Gasteiger partial charge in [0.2, 0.25) is 17.7 Å². The Morgan fingerprint density at radius 1 is 1.31 bits per heavy atom. The summed E-state index contributed by atoms with van der Waals surface area (Å²) in [5, 5.41) is 15.2. The first kappa shape index (κ1) is 24.2. The normalized spacial score (nSPS) is 27.8. The monoisotopic (exact) mass is 501 g/mol. The van der Waals surface area contributed by atoms with Crippen LogP contribution in [0.5, 0.6) is 0 Å². The number of hydrogen-bond donors (Lipinski definition) is 3. The van der Waals surface area contributed by atoms with Crippen LogP contribution in [0.4, 0.5) is 13.2 Å². The van der Waals surface area contributed by atoms with E-state index in [1.165, 1.54) is 23.1 Å². The minimum atomic E-state index is -2.94. The van der Waals surface area contributed by atoms with E-state index in [-0.39, 0.29) is 30.0 Å². The number of aromatic nitrogens is 1. The van der Waals surface area contributed by atoms with E-state index in [9.17, 15) is 32.8 Å². The van der Waals surface area contributed by atoms with Gasteiger partial charge in [-0.3, -0.25) is 14.4 Å². The Labute approximate surface area is 205 Å². The molecule has 36 heavy (non-hydrogen) atoms. The quantitative estimate of drug-likeness (QED) is 0.584. The number of rotatable bonds is 5. The molecule has 0 radical (unpaired) electrons. The van der Waals surface area contributed by atoms with Gasteiger partial charge < -0.3 is 20.5 Å². The van der Waals surface area contributed by atoms with E-state index in [0.717, 1.165) is 6.42 Å². The molecule has 2 aromatic rings. The van der Waals surface area contributed by atoms with E-state index in [1.807, 2.05) is 6.07 Å². The van der Waals surface area contributed by atoms with E-state index in [1.54, 1.807) is 6.07 Å². The molecule has 0 bridgehead atoms. The Hall–Kier alpha value is -3.55. The molecular formula is C25H26F3N5O3. The molecule has 8 nitrogen and oxygen atoms in total. The molecule has 3 aliphatic rings. The first-order valence-corrected chi connectivity index (χ1v) is 12.1. The minimum Gasteiger partial charge on any atom is -0.356 e. The highest BCUT2D eigenvalue weighted by molar-refractivity contribution is 6.01. The highest BCUT2D eigenvalue weighted by atomic mass is 19.3. The predicted octanol–water partition coefficient (Wildman–Crippen LogP) is 2.72. The average molecular weight is 502 g/mol. The maximum absolute atomic E-state index is 14.2. The zero-order chi connectivity index (χ0) is 25.6. The Balaban J connectivity index is 1.39. The summed E-state index contributed by atoms with van der Waals surface area (Å²) in [6.45, 7) is 0.518. The molecule has 190 valence electrons. The molecule has 1 saturated carbocycles. The van der Waals surface area contributed by atoms with Gasteiger partial charge in [-0.25, -0.2) is 13.2 Å². The number of nitriles is 1. The van der Waals surface area contributed by atoms with Gasteiger partial charge in [0.15, 0.2) is 0 Å². The highest BCUT2D eigenvalue weighted by Crippen LogP contribution is 2.50. The summed E-state index contributed by atoms with van der Waals surface area (Å²) >= 11 is 0. The van der Waals surface area contributed by atoms with E-state index in [4.69, 9.17) is 0 Å². The van der Waals surface area contributed by atoms with Crippen molar-refractivity contribution in [2.75, 3.05) is 13.1 Å². The van der Waals surface area contributed by atoms with Crippen LogP contribution < -0.4 is 10.6 Å². The Morgan fingerprint density at radius 2 is 2.11 bits per heavy atom. The van der Waals surface area contributed by atoms with E-state index < -0.39 is 66.2 Å². The molecule has 3 amide bonds. The molecule has 11 heteroatoms. The van der Waals surface area contributed by atoms with Crippen molar-refractivity contribution in [2.24, 2.45) is 17.8 Å². The predicted molar refractivity (Wildman–Crippen MR) is 122 cm³/mol. The number of carbonyl (C=O) groups is 3. The zero-order valence-electron chi connectivity index (χ0n) is 19.4. The largest absolute Gasteiger partial charge is 0.356 e. The third kappa shape index (κ3) is 4.40. The smallest absolute Gasteiger partial charge is 0.271 e. The van der Waals surface area contributed by atoms with Gasteiger partial charge in [0.05, 0.1) is 6.07 Å². The number of likely N-dealkylation sites (tertiary alicyclic amines) is 1. The highest BCUT2D eigenvalue weighted by Gasteiger charge is 2.58. The number of carbonyl (C=O) groups excluding carboxylic acids is 3. The molecule has 1 aromatic carbocycles. The van der Waals surface area contributed by atoms with Crippen LogP contribution in [0, 0.1) is 34.9 Å². The lowest BCUT2D eigenvalue weighted by molar-refractivity contribution is -0.129. The van der Waals surface area contributed by atoms with Crippen molar-refractivity contribution in [1.29, 1.82) is 5.26 Å². The number of amides is 3. The van der Waals surface area contributed by atoms with Gasteiger partial charge in [-0.2, -0.15) is 5.26 Å². The van der Waals surface area contributed by atoms with Crippen molar-refractivity contribution < 1.29 is 27.6 Å². The van der Waals surface area contributed by atoms with Crippen LogP contribution >= 0.6 is 0 Å². The molecule has 3 fully saturated rings. The number of hydrogen-bond acceptors (Lipinski definition) is 4. The molecule has 5 unspecified atom stereocenters. The van der Waals surface area contributed by atoms with Crippen LogP contribution in [0.15, 0.2) is 24.3 Å². The Kier molecular flexibility index (Phi) is 6.14. The SMILES string of the molecule is N#CC(CC1CCCNC1=O)NC(=O)C1C2CC(F)(F)CC2CN1C(=O)c1cc2c(F)cccc2[nH]1. The molecule has 5 atom stereocenters. The minimum absolute atomic E-state index is 0.0444. The molecule has 2 saturated heterocycles. The number of alkyl halides is 2. The Bertz CT molecular complexity index is 1260. The summed E-state index contributed by atoms with van der Waals surface area (Å²) in [4.78, 5) is 43.0. The van der Waals surface area contributed by atoms with Crippen molar-refractivity contribution in [3.8, 4) is 6.07 Å². The van der Waals surface area contributed by atoms with Crippen molar-refractivity contribution in [3.63, 3.8) is 0 Å². The summed E-state index contributed by atoms with van der Waals surface area (Å²) in [7, 11) is 0. The Morgan fingerprint density at radius 3 is 2.83 bits per heavy atom. The lowest BCUT2D eigenvalue weighted by Crippen LogP contribution is -2.52. The second-order valence-electron chi connectivity index (χ2n) is 10.0. The zero-order valence-corrected chi connectivity index (χ0v) is 19.4. The number of aromatic amines is 1. The van der Waals surface area contributed by atoms with Crippen LogP contribution in [-0.4, -0.2) is 58.7 Å². The first-order chi connectivity index (χ1) is 17.2. The van der Waals surface area contributed by atoms with Crippen LogP contribution in [0.25, 0.3) is 10.9 Å². The third-order valence-electron chi connectivity index (χ3n) is 7.64. The van der Waals surface area contributed by atoms with Crippen LogP contribution in [-0.2, 0) is 9.59 Å². The van der Waals surface area contributed by atoms with Gasteiger partial charge in [-0.15, -0.1) is 0 Å². The molecule has 0 spiro atoms. The fraction of sp³-hybridized carbons (Fsp3) is 0.520. The van der Waals surface area contributed by atoms with Crippen molar-refractivity contribution >= 4 is 28.6 Å². The summed E-state index contributed by atoms with van der Waals surface area (Å²) in [6.07, 6.45) is 0.471. The van der Waals surface area contributed by atoms with Gasteiger partial charge in [0, 0.05) is 42.8 Å². The summed E-state index contributed by atoms with van der Waals surface area (Å²) in [5.41, 5.74) is 0.455. The van der Waals surface area contributed by atoms with Crippen molar-refractivity contribution in [1.82, 2.24) is 20.5 Å². The maximum Gasteiger partial charge on any atom is 0.271 e. The van der Waals surface area contributed by atoms with Crippen LogP contribution in [0.1, 0.15) is 42.6 Å². The fourth-order valence-electron chi connectivity index (χ4n) is 5.98. The van der Waals surface area contributed by atoms with Gasteiger partial charge in [0.1, 0.15) is 23.6 Å². The number of halogens is 3. The first-order valence-electron chi connectivity index (χ1n) is 12.1. The fourth-order valence-corrected chi connectivity index (χ4v) is 5.98. The van der Waals surface area contributed by atoms with E-state index >= 15 is 0 Å². The van der Waals surface area contributed by atoms with E-state index in [2.05, 4.69) is 15.6 Å². The number of fused-ring (bicyclic) bond motifs is 2. The number of benzene rings is 1. The third-order valence-corrected chi connectivity index (χ3v) is 7.64. The summed E-state index contributed by atoms with van der Waals surface area (Å²) in [6, 6.07) is 5.49. The van der Waals surface area contributed by atoms with Crippen LogP contribution in [0.3, 0.4) is 0 Å². The molecule has 3 heterocycles. The molecular weight excluding hydrogens is 475 g/mol. The second kappa shape index (κ2) is 9.15. The van der Waals surface area contributed by atoms with Crippen molar-refractivity contribution in [3.05, 3.63) is 35.8 Å². The van der Waals surface area contributed by atoms with Gasteiger partial charge in [-0.1, -0.05) is 6.07 Å². The molecule has 1 aliphatic carbocycles. The number of nitrogens with zero attached hydrogens (tertiary/aromatic N) is 2. The van der Waals surface area contributed by atoms with Crippen molar-refractivity contribution in [2.45, 2.75) is 50.1 Å². The molecule has 5 rings (SSSR count). The lowest BCUT2D eigenvalue weighted by atomic mass is 9.90. The number of H-pyrrole nitrogens is 1. The average Bonchev–Trinajstić information content (AvgIpc) is 3.49. The summed E-state index contributed by atoms with van der Waals surface area (Å²) in [5.74, 6) is -6.72. The van der Waals surface area contributed by atoms with Gasteiger partial charge in [-0.05, 0) is 49.3 Å². The standard InChI is InChI=1S/C25H26F3N5O3/c26-18-4-1-5-19-16(18)8-20(32-19)24(36)33-12-14-9-25(27,28)10-17(14)21(33)23(35)31-15(11-29)7-13-3-2-6-30-22(13)34/h1,4-5,8,13-15,17,21,32H,2-3,6-7,9-10,12H2,(H,30,34)(H,31,35). The molecule has 1 aromatic heterocycles. The molecule has 3 N–H and O–H groups in total. The lowest BCUT2D eigenvalue weighted by Gasteiger charge is -2.29. The second-order valence-corrected chi connectivity index (χ2v) is 10.0. The van der Waals surface area contributed by atoms with Gasteiger partial charge in [0.25, 0.3) is 5.91 Å². The van der Waals surface area contributed by atoms with Gasteiger partial charge >= 0.3 is 0 Å². The van der Waals surface area contributed by atoms with Crippen LogP contribution in [0.2, 0.25) is 0 Å². The topological polar surface area (TPSA) is 118 Å². The van der Waals surface area contributed by atoms with E-state index in [0.29, 0.717) is 18.5 Å². The number of nitrogens with one attached hydrogen (secondary N) is 3. The molecule has 2 aliphatic heterocycles. The maximum atomic E-state index is 14.2. The number of piperidine rings is 1. The summed E-state index contributed by atoms with van der Waals surface area (Å²) < 4.78 is 42.6.